The van der Waals surface area contributed by atoms with Crippen molar-refractivity contribution in [3.8, 4) is 0 Å². The molecule has 3 amide bonds. The maximum Gasteiger partial charge on any atom is 0.391 e. The van der Waals surface area contributed by atoms with Crippen LogP contribution in [0.1, 0.15) is 32.6 Å². The first kappa shape index (κ1) is 28.6. The molecule has 13 heteroatoms. The zero-order chi connectivity index (χ0) is 26.9. The molecule has 2 heterocycles. The van der Waals surface area contributed by atoms with E-state index < -0.39 is 53.9 Å². The van der Waals surface area contributed by atoms with Gasteiger partial charge in [0.15, 0.2) is 0 Å². The fourth-order valence-corrected chi connectivity index (χ4v) is 3.70. The molecule has 0 radical (unpaired) electrons. The summed E-state index contributed by atoms with van der Waals surface area (Å²) in [6, 6.07) is 1.76. The van der Waals surface area contributed by atoms with E-state index in [2.05, 4.69) is 15.4 Å². The van der Waals surface area contributed by atoms with Crippen LogP contribution in [0.15, 0.2) is 35.3 Å². The third-order valence-corrected chi connectivity index (χ3v) is 5.67. The number of piperidine rings is 1. The minimum Gasteiger partial charge on any atom is -0.466 e. The second-order valence-electron chi connectivity index (χ2n) is 8.30. The number of nitrogens with zero attached hydrogens (tertiary/aromatic N) is 2. The number of carbonyl (C=O) groups excluding carboxylic acids is 4. The summed E-state index contributed by atoms with van der Waals surface area (Å²) in [4.78, 5) is 62.0. The van der Waals surface area contributed by atoms with Crippen molar-refractivity contribution in [3.05, 3.63) is 40.8 Å². The number of rotatable bonds is 9. The molecule has 2 N–H and O–H groups in total. The maximum atomic E-state index is 12.8. The lowest BCUT2D eigenvalue weighted by Gasteiger charge is -2.33. The van der Waals surface area contributed by atoms with E-state index in [1.807, 2.05) is 0 Å². The van der Waals surface area contributed by atoms with Crippen LogP contribution < -0.4 is 16.2 Å². The number of allylic oxidation sites excluding steroid dienone is 1. The summed E-state index contributed by atoms with van der Waals surface area (Å²) in [5.74, 6) is -3.67. The molecule has 0 aromatic carbocycles. The Balaban J connectivity index is 2.03. The molecule has 1 aromatic heterocycles. The van der Waals surface area contributed by atoms with E-state index in [0.29, 0.717) is 0 Å². The van der Waals surface area contributed by atoms with Crippen molar-refractivity contribution in [3.63, 3.8) is 0 Å². The molecule has 1 unspecified atom stereocenters. The fraction of sp³-hybridized carbons (Fsp3) is 0.522. The summed E-state index contributed by atoms with van der Waals surface area (Å²) in [5, 5.41) is 4.91. The molecular weight excluding hydrogens is 485 g/mol. The SMILES string of the molecule is COC(=O)/C=C/CCC(NC(C)=O)C(=O)Nc1cccn(CC(=O)N2CCC(C(F)(F)F)CC2)c1=O. The summed E-state index contributed by atoms with van der Waals surface area (Å²) in [7, 11) is 1.22. The van der Waals surface area contributed by atoms with Gasteiger partial charge in [0.05, 0.1) is 13.0 Å². The summed E-state index contributed by atoms with van der Waals surface area (Å²) in [6.45, 7) is 0.712. The molecule has 1 atom stereocenters. The Morgan fingerprint density at radius 1 is 1.22 bits per heavy atom. The van der Waals surface area contributed by atoms with Crippen LogP contribution in [0, 0.1) is 5.92 Å². The Morgan fingerprint density at radius 2 is 1.89 bits per heavy atom. The van der Waals surface area contributed by atoms with Gasteiger partial charge in [0.1, 0.15) is 18.3 Å². The number of ether oxygens (including phenoxy) is 1. The monoisotopic (exact) mass is 514 g/mol. The molecule has 36 heavy (non-hydrogen) atoms. The highest BCUT2D eigenvalue weighted by molar-refractivity contribution is 5.96. The van der Waals surface area contributed by atoms with Crippen LogP contribution in [0.25, 0.3) is 0 Å². The van der Waals surface area contributed by atoms with Gasteiger partial charge in [0.25, 0.3) is 5.56 Å². The highest BCUT2D eigenvalue weighted by Crippen LogP contribution is 2.34. The molecule has 1 saturated heterocycles. The number of methoxy groups -OCH3 is 1. The number of halogens is 3. The van der Waals surface area contributed by atoms with E-state index in [1.54, 1.807) is 0 Å². The molecule has 1 fully saturated rings. The normalized spacial score (nSPS) is 15.4. The van der Waals surface area contributed by atoms with Gasteiger partial charge in [-0.2, -0.15) is 13.2 Å². The molecule has 1 aliphatic heterocycles. The predicted molar refractivity (Wildman–Crippen MR) is 123 cm³/mol. The van der Waals surface area contributed by atoms with Gasteiger partial charge < -0.3 is 24.8 Å². The zero-order valence-electron chi connectivity index (χ0n) is 20.0. The number of esters is 1. The Bertz CT molecular complexity index is 1050. The molecular formula is C23H29F3N4O6. The smallest absolute Gasteiger partial charge is 0.391 e. The number of aromatic nitrogens is 1. The average Bonchev–Trinajstić information content (AvgIpc) is 2.82. The van der Waals surface area contributed by atoms with Crippen LogP contribution in [-0.4, -0.2) is 65.6 Å². The lowest BCUT2D eigenvalue weighted by molar-refractivity contribution is -0.186. The molecule has 2 rings (SSSR count). The van der Waals surface area contributed by atoms with Crippen molar-refractivity contribution < 1.29 is 37.1 Å². The fourth-order valence-electron chi connectivity index (χ4n) is 3.70. The zero-order valence-corrected chi connectivity index (χ0v) is 20.0. The van der Waals surface area contributed by atoms with Crippen molar-refractivity contribution in [2.75, 3.05) is 25.5 Å². The number of hydrogen-bond acceptors (Lipinski definition) is 6. The Kier molecular flexibility index (Phi) is 10.2. The molecule has 1 aliphatic rings. The lowest BCUT2D eigenvalue weighted by atomic mass is 9.96. The molecule has 0 saturated carbocycles. The number of amides is 3. The minimum atomic E-state index is -4.30. The van der Waals surface area contributed by atoms with Crippen molar-refractivity contribution in [1.82, 2.24) is 14.8 Å². The van der Waals surface area contributed by atoms with Crippen LogP contribution in [0.5, 0.6) is 0 Å². The number of pyridine rings is 1. The van der Waals surface area contributed by atoms with Crippen molar-refractivity contribution in [2.45, 2.75) is 51.4 Å². The van der Waals surface area contributed by atoms with E-state index >= 15 is 0 Å². The predicted octanol–water partition coefficient (Wildman–Crippen LogP) is 1.60. The van der Waals surface area contributed by atoms with Crippen molar-refractivity contribution in [1.29, 1.82) is 0 Å². The summed E-state index contributed by atoms with van der Waals surface area (Å²) in [6.07, 6.45) is -0.308. The highest BCUT2D eigenvalue weighted by atomic mass is 19.4. The van der Waals surface area contributed by atoms with Crippen LogP contribution >= 0.6 is 0 Å². The third-order valence-electron chi connectivity index (χ3n) is 5.67. The van der Waals surface area contributed by atoms with Gasteiger partial charge >= 0.3 is 12.1 Å². The van der Waals surface area contributed by atoms with Gasteiger partial charge in [-0.05, 0) is 37.8 Å². The summed E-state index contributed by atoms with van der Waals surface area (Å²) < 4.78 is 44.1. The van der Waals surface area contributed by atoms with Crippen LogP contribution in [-0.2, 0) is 30.5 Å². The van der Waals surface area contributed by atoms with Crippen LogP contribution in [0.4, 0.5) is 18.9 Å². The van der Waals surface area contributed by atoms with Gasteiger partial charge in [0, 0.05) is 32.3 Å². The third kappa shape index (κ3) is 8.54. The molecule has 1 aromatic rings. The highest BCUT2D eigenvalue weighted by Gasteiger charge is 2.41. The molecule has 0 spiro atoms. The number of alkyl halides is 3. The number of hydrogen-bond donors (Lipinski definition) is 2. The quantitative estimate of drug-likeness (QED) is 0.381. The lowest BCUT2D eigenvalue weighted by Crippen LogP contribution is -2.45. The van der Waals surface area contributed by atoms with Crippen molar-refractivity contribution >= 4 is 29.4 Å². The first-order valence-corrected chi connectivity index (χ1v) is 11.3. The topological polar surface area (TPSA) is 127 Å². The van der Waals surface area contributed by atoms with Gasteiger partial charge in [-0.1, -0.05) is 6.08 Å². The first-order valence-electron chi connectivity index (χ1n) is 11.3. The Hall–Kier alpha value is -3.64. The summed E-state index contributed by atoms with van der Waals surface area (Å²) >= 11 is 0. The number of anilines is 1. The average molecular weight is 515 g/mol. The largest absolute Gasteiger partial charge is 0.466 e. The number of likely N-dealkylation sites (tertiary alicyclic amines) is 1. The van der Waals surface area contributed by atoms with E-state index in [1.165, 1.54) is 49.4 Å². The maximum absolute atomic E-state index is 12.8. The van der Waals surface area contributed by atoms with Gasteiger partial charge in [-0.25, -0.2) is 4.79 Å². The van der Waals surface area contributed by atoms with Crippen LogP contribution in [0.3, 0.4) is 0 Å². The second kappa shape index (κ2) is 12.9. The molecule has 10 nitrogen and oxygen atoms in total. The van der Waals surface area contributed by atoms with E-state index in [9.17, 15) is 37.1 Å². The molecule has 0 aliphatic carbocycles. The second-order valence-corrected chi connectivity index (χ2v) is 8.30. The minimum absolute atomic E-state index is 0.0585. The van der Waals surface area contributed by atoms with Crippen molar-refractivity contribution in [2.24, 2.45) is 5.92 Å². The Morgan fingerprint density at radius 3 is 2.47 bits per heavy atom. The van der Waals surface area contributed by atoms with E-state index in [-0.39, 0.29) is 44.5 Å². The van der Waals surface area contributed by atoms with Crippen LogP contribution in [0.2, 0.25) is 0 Å². The van der Waals surface area contributed by atoms with E-state index in [4.69, 9.17) is 0 Å². The molecule has 198 valence electrons. The van der Waals surface area contributed by atoms with Gasteiger partial charge in [-0.3, -0.25) is 19.2 Å². The number of carbonyl (C=O) groups is 4. The molecule has 0 bridgehead atoms. The summed E-state index contributed by atoms with van der Waals surface area (Å²) in [5.41, 5.74) is -0.817. The van der Waals surface area contributed by atoms with Gasteiger partial charge in [-0.15, -0.1) is 0 Å². The number of nitrogens with one attached hydrogen (secondary N) is 2. The standard InChI is InChI=1S/C23H29F3N4O6/c1-15(31)27-17(6-3-4-8-20(33)36-2)21(34)28-18-7-5-11-30(22(18)35)14-19(32)29-12-9-16(10-13-29)23(24,25)26/h4-5,7-8,11,16-17H,3,6,9-10,12-14H2,1-2H3,(H,27,31)(H,28,34)/b8-4+. The van der Waals surface area contributed by atoms with Gasteiger partial charge in [0.2, 0.25) is 17.7 Å². The Labute approximate surface area is 205 Å². The first-order chi connectivity index (χ1) is 16.9. The van der Waals surface area contributed by atoms with E-state index in [0.717, 1.165) is 4.57 Å².